The van der Waals surface area contributed by atoms with Crippen molar-refractivity contribution in [2.75, 3.05) is 5.75 Å². The first kappa shape index (κ1) is 16.3. The first-order valence-corrected chi connectivity index (χ1v) is 7.30. The number of alkyl halides is 3. The van der Waals surface area contributed by atoms with E-state index in [1.54, 1.807) is 0 Å². The quantitative estimate of drug-likeness (QED) is 0.633. The molecule has 0 atom stereocenters. The van der Waals surface area contributed by atoms with E-state index >= 15 is 0 Å². The van der Waals surface area contributed by atoms with Crippen molar-refractivity contribution in [1.82, 2.24) is 19.6 Å². The van der Waals surface area contributed by atoms with Gasteiger partial charge in [0.25, 0.3) is 0 Å². The van der Waals surface area contributed by atoms with Crippen molar-refractivity contribution in [3.63, 3.8) is 0 Å². The van der Waals surface area contributed by atoms with Gasteiger partial charge in [-0.1, -0.05) is 13.8 Å². The zero-order valence-corrected chi connectivity index (χ0v) is 12.6. The molecular formula is C13H12F3N5S. The molecule has 9 heteroatoms. The first-order chi connectivity index (χ1) is 10.3. The van der Waals surface area contributed by atoms with E-state index in [9.17, 15) is 13.2 Å². The first-order valence-electron chi connectivity index (χ1n) is 6.32. The van der Waals surface area contributed by atoms with E-state index in [4.69, 9.17) is 6.57 Å². The van der Waals surface area contributed by atoms with E-state index in [1.807, 2.05) is 13.8 Å². The summed E-state index contributed by atoms with van der Waals surface area (Å²) in [5.74, 6) is -0.0619. The molecule has 116 valence electrons. The van der Waals surface area contributed by atoms with E-state index in [0.29, 0.717) is 16.7 Å². The van der Waals surface area contributed by atoms with E-state index < -0.39 is 12.0 Å². The average Bonchev–Trinajstić information content (AvgIpc) is 2.88. The molecule has 0 unspecified atom stereocenters. The molecule has 0 aliphatic carbocycles. The highest BCUT2D eigenvalue weighted by Gasteiger charge is 2.38. The van der Waals surface area contributed by atoms with E-state index in [-0.39, 0.29) is 11.3 Å². The molecule has 0 radical (unpaired) electrons. The van der Waals surface area contributed by atoms with Crippen LogP contribution in [0.1, 0.15) is 25.4 Å². The fraction of sp³-hybridized carbons (Fsp3) is 0.385. The van der Waals surface area contributed by atoms with Crippen LogP contribution in [0.15, 0.2) is 17.4 Å². The van der Waals surface area contributed by atoms with Crippen LogP contribution in [-0.2, 0) is 6.18 Å². The van der Waals surface area contributed by atoms with Crippen LogP contribution >= 0.6 is 11.8 Å². The molecule has 0 amide bonds. The summed E-state index contributed by atoms with van der Waals surface area (Å²) in [5, 5.41) is 7.26. The van der Waals surface area contributed by atoms with E-state index in [0.717, 1.165) is 10.6 Å². The molecule has 22 heavy (non-hydrogen) atoms. The Labute approximate surface area is 129 Å². The molecule has 0 spiro atoms. The van der Waals surface area contributed by atoms with Crippen molar-refractivity contribution in [1.29, 1.82) is 0 Å². The lowest BCUT2D eigenvalue weighted by atomic mass is 10.3. The van der Waals surface area contributed by atoms with Crippen molar-refractivity contribution in [3.8, 4) is 0 Å². The van der Waals surface area contributed by atoms with E-state index in [1.165, 1.54) is 24.0 Å². The van der Waals surface area contributed by atoms with E-state index in [2.05, 4.69) is 20.0 Å². The summed E-state index contributed by atoms with van der Waals surface area (Å²) in [5.41, 5.74) is 0.155. The number of rotatable bonds is 4. The Hall–Kier alpha value is -2.08. The van der Waals surface area contributed by atoms with Crippen LogP contribution in [0.5, 0.6) is 0 Å². The maximum atomic E-state index is 13.1. The number of hydrogen-bond acceptors (Lipinski definition) is 4. The summed E-state index contributed by atoms with van der Waals surface area (Å²) in [7, 11) is 0. The Morgan fingerprint density at radius 2 is 2.14 bits per heavy atom. The van der Waals surface area contributed by atoms with Crippen molar-refractivity contribution in [2.45, 2.75) is 25.0 Å². The third-order valence-electron chi connectivity index (χ3n) is 2.55. The normalized spacial score (nSPS) is 12.4. The highest BCUT2D eigenvalue weighted by Crippen LogP contribution is 2.31. The largest absolute Gasteiger partial charge is 0.452 e. The summed E-state index contributed by atoms with van der Waals surface area (Å²) >= 11 is 1.33. The van der Waals surface area contributed by atoms with Crippen LogP contribution in [0.4, 0.5) is 13.2 Å². The fourth-order valence-electron chi connectivity index (χ4n) is 1.67. The maximum Gasteiger partial charge on any atom is 0.452 e. The van der Waals surface area contributed by atoms with Crippen LogP contribution in [0.2, 0.25) is 0 Å². The molecule has 0 fully saturated rings. The highest BCUT2D eigenvalue weighted by molar-refractivity contribution is 7.99. The van der Waals surface area contributed by atoms with Crippen molar-refractivity contribution in [2.24, 2.45) is 5.92 Å². The molecule has 0 saturated carbocycles. The minimum absolute atomic E-state index is 0.0464. The number of hydrogen-bond donors (Lipinski definition) is 0. The Kier molecular flexibility index (Phi) is 4.71. The Balaban J connectivity index is 2.62. The molecule has 0 N–H and O–H groups in total. The second kappa shape index (κ2) is 6.36. The summed E-state index contributed by atoms with van der Waals surface area (Å²) in [4.78, 5) is 7.14. The van der Waals surface area contributed by atoms with Gasteiger partial charge < -0.3 is 0 Å². The fourth-order valence-corrected chi connectivity index (χ4v) is 2.55. The molecule has 2 aromatic rings. The summed E-state index contributed by atoms with van der Waals surface area (Å²) < 4.78 is 40.1. The lowest BCUT2D eigenvalue weighted by Crippen LogP contribution is -2.12. The second-order valence-electron chi connectivity index (χ2n) is 4.82. The number of halogens is 3. The molecule has 2 rings (SSSR count). The number of nitrogens with zero attached hydrogens (tertiary/aromatic N) is 5. The third-order valence-corrected chi connectivity index (χ3v) is 3.95. The van der Waals surface area contributed by atoms with Crippen molar-refractivity contribution in [3.05, 3.63) is 35.3 Å². The molecule has 0 aliphatic rings. The van der Waals surface area contributed by atoms with Crippen molar-refractivity contribution >= 4 is 23.5 Å². The minimum atomic E-state index is -4.64. The average molecular weight is 327 g/mol. The molecule has 0 bridgehead atoms. The Morgan fingerprint density at radius 3 is 2.73 bits per heavy atom. The predicted molar refractivity (Wildman–Crippen MR) is 77.0 cm³/mol. The van der Waals surface area contributed by atoms with Gasteiger partial charge in [0.1, 0.15) is 5.03 Å². The predicted octanol–water partition coefficient (Wildman–Crippen LogP) is 3.78. The molecule has 0 aliphatic heterocycles. The minimum Gasteiger partial charge on any atom is -0.269 e. The summed E-state index contributed by atoms with van der Waals surface area (Å²) in [6.07, 6.45) is -1.03. The second-order valence-corrected chi connectivity index (χ2v) is 5.83. The molecule has 5 nitrogen and oxygen atoms in total. The van der Waals surface area contributed by atoms with Gasteiger partial charge in [-0.2, -0.15) is 13.2 Å². The summed E-state index contributed by atoms with van der Waals surface area (Å²) in [6, 6.07) is 0. The smallest absolute Gasteiger partial charge is 0.269 e. The molecule has 2 aromatic heterocycles. The summed E-state index contributed by atoms with van der Waals surface area (Å²) in [6.45, 7) is 10.7. The number of fused-ring (bicyclic) bond motifs is 1. The van der Waals surface area contributed by atoms with Gasteiger partial charge in [0, 0.05) is 5.75 Å². The van der Waals surface area contributed by atoms with Gasteiger partial charge in [0.05, 0.1) is 18.5 Å². The van der Waals surface area contributed by atoms with Gasteiger partial charge in [0.2, 0.25) is 5.82 Å². The lowest BCUT2D eigenvalue weighted by Gasteiger charge is -2.09. The van der Waals surface area contributed by atoms with Gasteiger partial charge in [-0.15, -0.1) is 22.0 Å². The molecule has 0 aromatic carbocycles. The van der Waals surface area contributed by atoms with Gasteiger partial charge in [-0.3, -0.25) is 4.40 Å². The van der Waals surface area contributed by atoms with Gasteiger partial charge in [-0.05, 0) is 12.0 Å². The van der Waals surface area contributed by atoms with Gasteiger partial charge in [-0.25, -0.2) is 9.83 Å². The van der Waals surface area contributed by atoms with Gasteiger partial charge in [0.15, 0.2) is 11.8 Å². The zero-order chi connectivity index (χ0) is 16.3. The van der Waals surface area contributed by atoms with Crippen LogP contribution in [-0.4, -0.2) is 25.3 Å². The lowest BCUT2D eigenvalue weighted by molar-refractivity contribution is -0.145. The maximum absolute atomic E-state index is 13.1. The monoisotopic (exact) mass is 327 g/mol. The van der Waals surface area contributed by atoms with Crippen LogP contribution < -0.4 is 0 Å². The van der Waals surface area contributed by atoms with Gasteiger partial charge >= 0.3 is 6.18 Å². The standard InChI is InChI=1S/C13H12F3N5S/c1-8(2)7-22-11-10-19-20-12(13(14,15)16)21(10)9(6-18-11)4-5-17-3/h4-6,8H,7H2,1-2H3. The zero-order valence-electron chi connectivity index (χ0n) is 11.8. The number of aromatic nitrogens is 4. The SMILES string of the molecule is [C-]#[N+]C=Cc1cnc(SCC(C)C)c2nnc(C(F)(F)F)n12. The molecule has 2 heterocycles. The van der Waals surface area contributed by atoms with Crippen LogP contribution in [0.3, 0.4) is 0 Å². The Morgan fingerprint density at radius 1 is 1.41 bits per heavy atom. The highest BCUT2D eigenvalue weighted by atomic mass is 32.2. The van der Waals surface area contributed by atoms with Crippen LogP contribution in [0.25, 0.3) is 16.6 Å². The molecular weight excluding hydrogens is 315 g/mol. The van der Waals surface area contributed by atoms with Crippen LogP contribution in [0, 0.1) is 12.5 Å². The third kappa shape index (κ3) is 3.39. The topological polar surface area (TPSA) is 47.4 Å². The molecule has 0 saturated heterocycles. The van der Waals surface area contributed by atoms with Crippen molar-refractivity contribution < 1.29 is 13.2 Å². The Bertz CT molecular complexity index is 742. The number of thioether (sulfide) groups is 1.